The van der Waals surface area contributed by atoms with Gasteiger partial charge in [-0.25, -0.2) is 0 Å². The molecular weight excluding hydrogens is 412 g/mol. The van der Waals surface area contributed by atoms with E-state index in [-0.39, 0.29) is 5.78 Å². The predicted octanol–water partition coefficient (Wildman–Crippen LogP) is 4.57. The van der Waals surface area contributed by atoms with E-state index in [0.717, 1.165) is 0 Å². The molecule has 0 saturated heterocycles. The maximum Gasteiger partial charge on any atom is 0.185 e. The third kappa shape index (κ3) is 4.51. The van der Waals surface area contributed by atoms with E-state index in [1.807, 2.05) is 24.3 Å². The molecule has 0 aliphatic heterocycles. The number of allylic oxidation sites excluding steroid dienone is 2. The zero-order valence-corrected chi connectivity index (χ0v) is 19.2. The van der Waals surface area contributed by atoms with Crippen LogP contribution in [0.2, 0.25) is 0 Å². The van der Waals surface area contributed by atoms with Crippen molar-refractivity contribution in [3.05, 3.63) is 46.5 Å². The highest BCUT2D eigenvalue weighted by molar-refractivity contribution is 6.15. The van der Waals surface area contributed by atoms with E-state index in [4.69, 9.17) is 28.4 Å². The fourth-order valence-corrected chi connectivity index (χ4v) is 3.74. The molecule has 0 radical (unpaired) electrons. The number of carbonyl (C=O) groups is 1. The van der Waals surface area contributed by atoms with Gasteiger partial charge in [0.1, 0.15) is 11.5 Å². The number of benzene rings is 2. The highest BCUT2D eigenvalue weighted by Crippen LogP contribution is 2.41. The fourth-order valence-electron chi connectivity index (χ4n) is 3.74. The van der Waals surface area contributed by atoms with Crippen molar-refractivity contribution in [1.82, 2.24) is 0 Å². The van der Waals surface area contributed by atoms with Crippen LogP contribution in [-0.2, 0) is 4.79 Å². The van der Waals surface area contributed by atoms with Crippen molar-refractivity contribution in [3.8, 4) is 34.5 Å². The average Bonchev–Trinajstić information content (AvgIpc) is 3.16. The summed E-state index contributed by atoms with van der Waals surface area (Å²) >= 11 is 0. The zero-order chi connectivity index (χ0) is 23.3. The number of carbonyl (C=O) groups excluding carboxylic acids is 1. The van der Waals surface area contributed by atoms with Crippen LogP contribution in [0.3, 0.4) is 0 Å². The third-order valence-corrected chi connectivity index (χ3v) is 5.34. The van der Waals surface area contributed by atoms with Gasteiger partial charge in [0.25, 0.3) is 0 Å². The molecule has 2 aromatic carbocycles. The molecule has 1 saturated carbocycles. The number of ketones is 1. The van der Waals surface area contributed by atoms with Gasteiger partial charge in [0, 0.05) is 34.4 Å². The van der Waals surface area contributed by atoms with E-state index in [9.17, 15) is 4.79 Å². The molecule has 0 unspecified atom stereocenters. The van der Waals surface area contributed by atoms with Crippen LogP contribution in [0, 0.1) is 0 Å². The molecule has 1 aliphatic rings. The first kappa shape index (κ1) is 23.1. The van der Waals surface area contributed by atoms with E-state index in [1.54, 1.807) is 54.8 Å². The van der Waals surface area contributed by atoms with Crippen LogP contribution in [0.1, 0.15) is 24.0 Å². The van der Waals surface area contributed by atoms with Gasteiger partial charge < -0.3 is 28.4 Å². The summed E-state index contributed by atoms with van der Waals surface area (Å²) in [6, 6.07) is 7.12. The number of ether oxygens (including phenoxy) is 6. The van der Waals surface area contributed by atoms with Crippen LogP contribution in [0.15, 0.2) is 35.4 Å². The van der Waals surface area contributed by atoms with Crippen LogP contribution < -0.4 is 28.4 Å². The van der Waals surface area contributed by atoms with Crippen molar-refractivity contribution >= 4 is 17.9 Å². The smallest absolute Gasteiger partial charge is 0.185 e. The summed E-state index contributed by atoms with van der Waals surface area (Å²) in [4.78, 5) is 13.2. The molecule has 0 heterocycles. The molecule has 0 atom stereocenters. The quantitative estimate of drug-likeness (QED) is 0.557. The summed E-state index contributed by atoms with van der Waals surface area (Å²) in [6.07, 6.45) is 4.88. The summed E-state index contributed by atoms with van der Waals surface area (Å²) in [5.74, 6) is 3.36. The first-order valence-electron chi connectivity index (χ1n) is 10.0. The lowest BCUT2D eigenvalue weighted by atomic mass is 10.0. The molecule has 0 aromatic heterocycles. The Hall–Kier alpha value is -3.61. The lowest BCUT2D eigenvalue weighted by Gasteiger charge is -2.13. The van der Waals surface area contributed by atoms with Gasteiger partial charge in [0.05, 0.1) is 42.7 Å². The molecule has 1 fully saturated rings. The van der Waals surface area contributed by atoms with E-state index in [0.29, 0.717) is 69.6 Å². The first-order chi connectivity index (χ1) is 15.5. The van der Waals surface area contributed by atoms with Crippen molar-refractivity contribution in [2.24, 2.45) is 0 Å². The summed E-state index contributed by atoms with van der Waals surface area (Å²) in [7, 11) is 9.41. The Morgan fingerprint density at radius 1 is 0.594 bits per heavy atom. The number of methoxy groups -OCH3 is 6. The maximum atomic E-state index is 13.2. The Labute approximate surface area is 188 Å². The van der Waals surface area contributed by atoms with Gasteiger partial charge in [-0.1, -0.05) is 0 Å². The lowest BCUT2D eigenvalue weighted by Crippen LogP contribution is -1.99. The number of hydrogen-bond donors (Lipinski definition) is 0. The van der Waals surface area contributed by atoms with E-state index in [1.165, 1.54) is 0 Å². The normalized spacial score (nSPS) is 15.8. The van der Waals surface area contributed by atoms with Crippen molar-refractivity contribution < 1.29 is 33.2 Å². The van der Waals surface area contributed by atoms with Crippen molar-refractivity contribution in [2.75, 3.05) is 42.7 Å². The second-order valence-corrected chi connectivity index (χ2v) is 7.07. The zero-order valence-electron chi connectivity index (χ0n) is 19.2. The van der Waals surface area contributed by atoms with Gasteiger partial charge in [-0.2, -0.15) is 0 Å². The molecule has 0 N–H and O–H groups in total. The SMILES string of the molecule is COc1cc(/C=C2\CC/C(=C\c3cc(OC)cc(OC)c3OC)C2=O)c(OC)c(OC)c1. The third-order valence-electron chi connectivity index (χ3n) is 5.34. The molecule has 0 amide bonds. The number of rotatable bonds is 8. The summed E-state index contributed by atoms with van der Waals surface area (Å²) < 4.78 is 32.6. The van der Waals surface area contributed by atoms with E-state index >= 15 is 0 Å². The maximum absolute atomic E-state index is 13.2. The van der Waals surface area contributed by atoms with Crippen LogP contribution in [-0.4, -0.2) is 48.4 Å². The fraction of sp³-hybridized carbons (Fsp3) is 0.320. The predicted molar refractivity (Wildman–Crippen MR) is 122 cm³/mol. The molecule has 170 valence electrons. The first-order valence-corrected chi connectivity index (χ1v) is 10.0. The van der Waals surface area contributed by atoms with Crippen molar-refractivity contribution in [1.29, 1.82) is 0 Å². The summed E-state index contributed by atoms with van der Waals surface area (Å²) in [6.45, 7) is 0. The Morgan fingerprint density at radius 3 is 1.31 bits per heavy atom. The average molecular weight is 440 g/mol. The van der Waals surface area contributed by atoms with Gasteiger partial charge in [0.2, 0.25) is 0 Å². The van der Waals surface area contributed by atoms with E-state index < -0.39 is 0 Å². The molecular formula is C25H28O7. The largest absolute Gasteiger partial charge is 0.497 e. The Morgan fingerprint density at radius 2 is 1.00 bits per heavy atom. The van der Waals surface area contributed by atoms with Crippen LogP contribution in [0.4, 0.5) is 0 Å². The van der Waals surface area contributed by atoms with Gasteiger partial charge in [-0.15, -0.1) is 0 Å². The highest BCUT2D eigenvalue weighted by Gasteiger charge is 2.25. The molecule has 7 heteroatoms. The second-order valence-electron chi connectivity index (χ2n) is 7.07. The Bertz CT molecular complexity index is 983. The van der Waals surface area contributed by atoms with Crippen LogP contribution in [0.25, 0.3) is 12.2 Å². The van der Waals surface area contributed by atoms with Crippen molar-refractivity contribution in [3.63, 3.8) is 0 Å². The molecule has 1 aliphatic carbocycles. The number of Topliss-reactive ketones (excluding diaryl/α,β-unsaturated/α-hetero) is 1. The molecule has 2 aromatic rings. The second kappa shape index (κ2) is 10.1. The van der Waals surface area contributed by atoms with Gasteiger partial charge >= 0.3 is 0 Å². The minimum absolute atomic E-state index is 0.0299. The molecule has 0 spiro atoms. The van der Waals surface area contributed by atoms with Gasteiger partial charge in [-0.3, -0.25) is 4.79 Å². The Balaban J connectivity index is 2.02. The summed E-state index contributed by atoms with van der Waals surface area (Å²) in [5, 5.41) is 0. The minimum Gasteiger partial charge on any atom is -0.497 e. The van der Waals surface area contributed by atoms with Gasteiger partial charge in [0.15, 0.2) is 28.8 Å². The lowest BCUT2D eigenvalue weighted by molar-refractivity contribution is -0.111. The standard InChI is InChI=1S/C25H28O7/c1-27-19-11-17(24(31-5)21(13-19)29-3)9-15-7-8-16(23(15)26)10-18-12-20(28-2)14-22(30-4)25(18)32-6/h9-14H,7-8H2,1-6H3/b15-9+,16-10+. The Kier molecular flexibility index (Phi) is 7.30. The molecule has 32 heavy (non-hydrogen) atoms. The topological polar surface area (TPSA) is 72.5 Å². The highest BCUT2D eigenvalue weighted by atomic mass is 16.5. The molecule has 0 bridgehead atoms. The molecule has 3 rings (SSSR count). The van der Waals surface area contributed by atoms with Gasteiger partial charge in [-0.05, 0) is 37.1 Å². The summed E-state index contributed by atoms with van der Waals surface area (Å²) in [5.41, 5.74) is 2.79. The van der Waals surface area contributed by atoms with E-state index in [2.05, 4.69) is 0 Å². The van der Waals surface area contributed by atoms with Crippen LogP contribution in [0.5, 0.6) is 34.5 Å². The minimum atomic E-state index is -0.0299. The monoisotopic (exact) mass is 440 g/mol. The molecule has 7 nitrogen and oxygen atoms in total. The number of hydrogen-bond acceptors (Lipinski definition) is 7. The van der Waals surface area contributed by atoms with Crippen LogP contribution >= 0.6 is 0 Å². The van der Waals surface area contributed by atoms with Crippen molar-refractivity contribution in [2.45, 2.75) is 12.8 Å².